The minimum Gasteiger partial charge on any atom is -0.301 e. The van der Waals surface area contributed by atoms with Crippen LogP contribution in [-0.2, 0) is 46.6 Å². The molecule has 4 heterocycles. The van der Waals surface area contributed by atoms with Crippen molar-refractivity contribution in [3.63, 3.8) is 0 Å². The molecule has 1 aliphatic rings. The normalized spacial score (nSPS) is 11.1. The Balaban J connectivity index is 0.000000267. The Hall–Kier alpha value is -6.70. The Morgan fingerprint density at radius 3 is 0.758 bits per heavy atom. The van der Waals surface area contributed by atoms with Crippen LogP contribution in [-0.4, -0.2) is 19.9 Å². The van der Waals surface area contributed by atoms with Crippen molar-refractivity contribution in [1.82, 2.24) is 19.9 Å². The van der Waals surface area contributed by atoms with Crippen molar-refractivity contribution in [3.05, 3.63) is 258 Å². The third-order valence-electron chi connectivity index (χ3n) is 22.6. The molecule has 0 saturated heterocycles. The van der Waals surface area contributed by atoms with E-state index in [9.17, 15) is 0 Å². The van der Waals surface area contributed by atoms with E-state index in [1.54, 1.807) is 0 Å². The molecule has 516 valence electrons. The minimum atomic E-state index is 0. The summed E-state index contributed by atoms with van der Waals surface area (Å²) in [4.78, 5) is 19.7. The smallest absolute Gasteiger partial charge is 0.0389 e. The van der Waals surface area contributed by atoms with Crippen LogP contribution in [0.4, 0.5) is 0 Å². The van der Waals surface area contributed by atoms with Gasteiger partial charge in [0, 0.05) is 83.1 Å². The van der Waals surface area contributed by atoms with Gasteiger partial charge in [-0.2, -0.15) is 0 Å². The van der Waals surface area contributed by atoms with Crippen LogP contribution in [0.25, 0.3) is 56.2 Å². The molecule has 6 aromatic carbocycles. The summed E-state index contributed by atoms with van der Waals surface area (Å²) >= 11 is 7.73. The van der Waals surface area contributed by atoms with Crippen molar-refractivity contribution in [3.8, 4) is 79.8 Å². The summed E-state index contributed by atoms with van der Waals surface area (Å²) in [5.41, 5.74) is 54.5. The molecule has 0 spiro atoms. The van der Waals surface area contributed by atoms with E-state index in [4.69, 9.17) is 19.9 Å². The number of pyridine rings is 4. The summed E-state index contributed by atoms with van der Waals surface area (Å²) in [6.45, 7) is 64.6. The maximum Gasteiger partial charge on any atom is 0.0389 e. The third-order valence-corrected chi connectivity index (χ3v) is 23.9. The molecule has 0 bridgehead atoms. The average molecular weight is 1790 g/mol. The molecule has 4 nitrogen and oxygen atoms in total. The number of rotatable bonds is 4. The monoisotopic (exact) mass is 1790 g/mol. The fourth-order valence-corrected chi connectivity index (χ4v) is 14.5. The number of nitrogens with zero attached hydrogens (tertiary/aromatic N) is 4. The molecular formula is C91H96Br2Ir2N4-4. The summed E-state index contributed by atoms with van der Waals surface area (Å²) in [6.07, 6.45) is 0.863. The first kappa shape index (κ1) is 79.6. The predicted octanol–water partition coefficient (Wildman–Crippen LogP) is 23.7. The Labute approximate surface area is 638 Å². The maximum absolute atomic E-state index is 5.02. The molecule has 10 aromatic rings. The van der Waals surface area contributed by atoms with Crippen molar-refractivity contribution in [2.75, 3.05) is 0 Å². The molecule has 0 saturated carbocycles. The zero-order valence-electron chi connectivity index (χ0n) is 64.2. The van der Waals surface area contributed by atoms with Crippen LogP contribution in [0.15, 0.2) is 33.2 Å². The molecule has 4 aromatic heterocycles. The van der Waals surface area contributed by atoms with Crippen LogP contribution in [0.5, 0.6) is 0 Å². The molecule has 0 amide bonds. The number of fused-ring (bicyclic) bond motifs is 3. The number of benzene rings is 6. The van der Waals surface area contributed by atoms with Gasteiger partial charge in [0.15, 0.2) is 0 Å². The largest absolute Gasteiger partial charge is 0.301 e. The Morgan fingerprint density at radius 1 is 0.263 bits per heavy atom. The Morgan fingerprint density at radius 2 is 0.495 bits per heavy atom. The van der Waals surface area contributed by atoms with Gasteiger partial charge in [-0.1, -0.05) is 164 Å². The van der Waals surface area contributed by atoms with E-state index in [0.717, 1.165) is 117 Å². The van der Waals surface area contributed by atoms with E-state index in [2.05, 4.69) is 312 Å². The molecule has 2 radical (unpaired) electrons. The van der Waals surface area contributed by atoms with Crippen LogP contribution in [0.2, 0.25) is 0 Å². The SMILES string of the molecule is Cc1[c-]c(-c2nc(C)c(C)c(C)c2C)c(C)c(C)c1C.Cc1[c-]c(-c2nc(C)c(C)c(C)c2C)c(C)c(C)c1C.Cc1[c-]c(-c2nc(C)c(C)c(C)c2C)c(C)c(C)c1C#Cc1cc2c(cc1Br)Cc1cc(Br)c(C#Cc3c(C)[c-]c(-c4nc(C)c(C)c(C)c4C)c(C)c3C)cc1-2.[Ir].[Ir]. The first-order chi connectivity index (χ1) is 45.4. The van der Waals surface area contributed by atoms with Gasteiger partial charge in [0.05, 0.1) is 0 Å². The minimum absolute atomic E-state index is 0. The second kappa shape index (κ2) is 31.3. The topological polar surface area (TPSA) is 51.6 Å². The van der Waals surface area contributed by atoms with Gasteiger partial charge < -0.3 is 19.9 Å². The number of aromatic nitrogens is 4. The van der Waals surface area contributed by atoms with Gasteiger partial charge in [-0.25, -0.2) is 0 Å². The van der Waals surface area contributed by atoms with E-state index in [1.807, 2.05) is 0 Å². The van der Waals surface area contributed by atoms with Gasteiger partial charge in [-0.05, 0) is 241 Å². The van der Waals surface area contributed by atoms with E-state index in [0.29, 0.717) is 0 Å². The first-order valence-electron chi connectivity index (χ1n) is 33.9. The fraction of sp³-hybridized carbons (Fsp3) is 0.341. The molecule has 0 unspecified atom stereocenters. The molecule has 8 heteroatoms. The maximum atomic E-state index is 5.02. The van der Waals surface area contributed by atoms with E-state index in [1.165, 1.54) is 156 Å². The zero-order chi connectivity index (χ0) is 71.7. The number of aryl methyl sites for hydroxylation is 8. The molecule has 0 N–H and O–H groups in total. The van der Waals surface area contributed by atoms with Crippen molar-refractivity contribution in [2.45, 2.75) is 214 Å². The molecule has 11 rings (SSSR count). The van der Waals surface area contributed by atoms with Crippen molar-refractivity contribution in [2.24, 2.45) is 0 Å². The summed E-state index contributed by atoms with van der Waals surface area (Å²) in [5.74, 6) is 14.2. The van der Waals surface area contributed by atoms with E-state index < -0.39 is 0 Å². The van der Waals surface area contributed by atoms with Gasteiger partial charge >= 0.3 is 0 Å². The van der Waals surface area contributed by atoms with E-state index >= 15 is 0 Å². The predicted molar refractivity (Wildman–Crippen MR) is 418 cm³/mol. The van der Waals surface area contributed by atoms with Crippen LogP contribution >= 0.6 is 31.9 Å². The van der Waals surface area contributed by atoms with Crippen molar-refractivity contribution in [1.29, 1.82) is 0 Å². The second-order valence-electron chi connectivity index (χ2n) is 27.8. The summed E-state index contributed by atoms with van der Waals surface area (Å²) in [7, 11) is 0. The molecule has 0 fully saturated rings. The van der Waals surface area contributed by atoms with Crippen LogP contribution in [0.1, 0.15) is 201 Å². The summed E-state index contributed by atoms with van der Waals surface area (Å²) in [6, 6.07) is 23.4. The van der Waals surface area contributed by atoms with Gasteiger partial charge in [0.1, 0.15) is 0 Å². The number of hydrogen-bond acceptors (Lipinski definition) is 4. The molecule has 0 atom stereocenters. The van der Waals surface area contributed by atoms with Crippen LogP contribution < -0.4 is 0 Å². The van der Waals surface area contributed by atoms with Crippen molar-refractivity contribution >= 4 is 31.9 Å². The summed E-state index contributed by atoms with van der Waals surface area (Å²) in [5, 5.41) is 0. The zero-order valence-corrected chi connectivity index (χ0v) is 72.2. The van der Waals surface area contributed by atoms with E-state index in [-0.39, 0.29) is 40.2 Å². The standard InChI is InChI=1S/C53H48Br2N2.2C19H24N.2Ir/c1-26-19-46(52-36(11)28(3)30(5)38(13)56-52)34(9)32(7)44(26)17-15-40-22-48-42(24-50(40)54)21-43-25-51(55)41(23-49(43)48)16-18-45-27(2)20-47(35(10)33(45)8)53-37(12)29(4)31(6)39(14)57-53;2*1-10-9-18(15(6)12(3)11(10)2)19-16(7)13(4)14(5)17(8)20-19;;/h22-25H,21H2,1-14H3;2*1-8H3;;/q-2;2*-1;;. The van der Waals surface area contributed by atoms with Crippen LogP contribution in [0, 0.1) is 256 Å². The first-order valence-corrected chi connectivity index (χ1v) is 35.5. The van der Waals surface area contributed by atoms with Gasteiger partial charge in [-0.3, -0.25) is 0 Å². The fourth-order valence-electron chi connectivity index (χ4n) is 13.5. The quantitative estimate of drug-likeness (QED) is 0.130. The number of hydrogen-bond donors (Lipinski definition) is 0. The third kappa shape index (κ3) is 15.1. The molecular weight excluding hydrogens is 1690 g/mol. The second-order valence-corrected chi connectivity index (χ2v) is 29.5. The Kier molecular flexibility index (Phi) is 25.1. The van der Waals surface area contributed by atoms with Gasteiger partial charge in [0.2, 0.25) is 0 Å². The summed E-state index contributed by atoms with van der Waals surface area (Å²) < 4.78 is 2.00. The molecule has 99 heavy (non-hydrogen) atoms. The average Bonchev–Trinajstić information content (AvgIpc) is 1.75. The Bertz CT molecular complexity index is 4710. The van der Waals surface area contributed by atoms with Gasteiger partial charge in [-0.15, -0.1) is 136 Å². The molecule has 0 aliphatic heterocycles. The molecule has 1 aliphatic carbocycles. The van der Waals surface area contributed by atoms with Crippen molar-refractivity contribution < 1.29 is 40.2 Å². The number of halogens is 2. The van der Waals surface area contributed by atoms with Crippen LogP contribution in [0.3, 0.4) is 0 Å². The van der Waals surface area contributed by atoms with Gasteiger partial charge in [0.25, 0.3) is 0 Å².